The fourth-order valence-corrected chi connectivity index (χ4v) is 2.56. The van der Waals surface area contributed by atoms with E-state index in [2.05, 4.69) is 10.1 Å². The molecule has 2 aromatic heterocycles. The van der Waals surface area contributed by atoms with Crippen LogP contribution in [0.5, 0.6) is 0 Å². The van der Waals surface area contributed by atoms with Crippen molar-refractivity contribution in [3.8, 4) is 22.5 Å². The van der Waals surface area contributed by atoms with Gasteiger partial charge in [0.05, 0.1) is 22.8 Å². The molecule has 1 aromatic carbocycles. The molecular weight excluding hydrogens is 339 g/mol. The highest BCUT2D eigenvalue weighted by Gasteiger charge is 2.28. The number of hydrogen-bond acceptors (Lipinski definition) is 6. The summed E-state index contributed by atoms with van der Waals surface area (Å²) in [5.41, 5.74) is 0.666. The normalized spacial score (nSPS) is 10.8. The Kier molecular flexibility index (Phi) is 4.35. The van der Waals surface area contributed by atoms with Gasteiger partial charge in [0.2, 0.25) is 5.76 Å². The molecule has 2 heterocycles. The summed E-state index contributed by atoms with van der Waals surface area (Å²) in [5, 5.41) is 4.03. The van der Waals surface area contributed by atoms with Crippen LogP contribution in [0, 0.1) is 12.7 Å². The van der Waals surface area contributed by atoms with Crippen molar-refractivity contribution >= 4 is 17.6 Å². The number of aromatic nitrogens is 2. The first-order valence-electron chi connectivity index (χ1n) is 7.06. The summed E-state index contributed by atoms with van der Waals surface area (Å²) in [4.78, 5) is 16.0. The van der Waals surface area contributed by atoms with Gasteiger partial charge in [0.15, 0.2) is 6.39 Å². The summed E-state index contributed by atoms with van der Waals surface area (Å²) < 4.78 is 29.5. The van der Waals surface area contributed by atoms with Gasteiger partial charge in [0.1, 0.15) is 23.0 Å². The van der Waals surface area contributed by atoms with Gasteiger partial charge in [-0.25, -0.2) is 14.2 Å². The number of oxazole rings is 1. The smallest absolute Gasteiger partial charge is 0.376 e. The topological polar surface area (TPSA) is 78.4 Å². The van der Waals surface area contributed by atoms with Crippen molar-refractivity contribution in [2.24, 2.45) is 0 Å². The van der Waals surface area contributed by atoms with Gasteiger partial charge in [-0.15, -0.1) is 0 Å². The van der Waals surface area contributed by atoms with Crippen LogP contribution in [0.2, 0.25) is 5.02 Å². The molecule has 24 heavy (non-hydrogen) atoms. The van der Waals surface area contributed by atoms with Crippen molar-refractivity contribution in [1.82, 2.24) is 10.1 Å². The average molecular weight is 351 g/mol. The molecule has 0 aliphatic carbocycles. The van der Waals surface area contributed by atoms with Crippen molar-refractivity contribution in [2.75, 3.05) is 6.61 Å². The van der Waals surface area contributed by atoms with Gasteiger partial charge >= 0.3 is 5.97 Å². The zero-order chi connectivity index (χ0) is 17.3. The maximum Gasteiger partial charge on any atom is 0.376 e. The van der Waals surface area contributed by atoms with Crippen LogP contribution in [0.15, 0.2) is 33.5 Å². The minimum absolute atomic E-state index is 0.0591. The minimum Gasteiger partial charge on any atom is -0.460 e. The Hall–Kier alpha value is -2.67. The van der Waals surface area contributed by atoms with Gasteiger partial charge in [-0.05, 0) is 26.0 Å². The van der Waals surface area contributed by atoms with E-state index in [1.807, 2.05) is 0 Å². The van der Waals surface area contributed by atoms with Crippen LogP contribution < -0.4 is 0 Å². The molecule has 0 saturated heterocycles. The fourth-order valence-electron chi connectivity index (χ4n) is 2.31. The molecule has 0 spiro atoms. The highest BCUT2D eigenvalue weighted by atomic mass is 35.5. The van der Waals surface area contributed by atoms with Crippen molar-refractivity contribution in [1.29, 1.82) is 0 Å². The Morgan fingerprint density at radius 3 is 2.83 bits per heavy atom. The number of carbonyl (C=O) groups is 1. The molecule has 0 fully saturated rings. The number of nitrogens with zero attached hydrogens (tertiary/aromatic N) is 2. The van der Waals surface area contributed by atoms with Crippen LogP contribution in [-0.2, 0) is 4.74 Å². The Bertz CT molecular complexity index is 883. The number of aryl methyl sites for hydroxylation is 1. The van der Waals surface area contributed by atoms with Gasteiger partial charge in [-0.2, -0.15) is 0 Å². The summed E-state index contributed by atoms with van der Waals surface area (Å²) >= 11 is 6.10. The zero-order valence-electron chi connectivity index (χ0n) is 12.8. The fraction of sp³-hybridized carbons (Fsp3) is 0.188. The van der Waals surface area contributed by atoms with Gasteiger partial charge in [0, 0.05) is 0 Å². The number of halogens is 2. The molecular formula is C16H12ClFN2O4. The lowest BCUT2D eigenvalue weighted by molar-refractivity contribution is 0.0491. The maximum absolute atomic E-state index is 14.2. The van der Waals surface area contributed by atoms with E-state index in [0.717, 1.165) is 6.39 Å². The van der Waals surface area contributed by atoms with Crippen LogP contribution in [0.4, 0.5) is 4.39 Å². The van der Waals surface area contributed by atoms with E-state index in [0.29, 0.717) is 11.3 Å². The molecule has 3 rings (SSSR count). The molecule has 0 aliphatic rings. The Balaban J connectivity index is 2.20. The molecule has 0 saturated carbocycles. The second-order valence-corrected chi connectivity index (χ2v) is 5.22. The lowest BCUT2D eigenvalue weighted by atomic mass is 10.0. The highest BCUT2D eigenvalue weighted by molar-refractivity contribution is 6.33. The monoisotopic (exact) mass is 350 g/mol. The second kappa shape index (κ2) is 6.45. The van der Waals surface area contributed by atoms with Crippen molar-refractivity contribution in [2.45, 2.75) is 13.8 Å². The summed E-state index contributed by atoms with van der Waals surface area (Å²) in [6, 6.07) is 4.26. The molecule has 8 heteroatoms. The van der Waals surface area contributed by atoms with Crippen LogP contribution in [-0.4, -0.2) is 22.7 Å². The number of hydrogen-bond donors (Lipinski definition) is 0. The van der Waals surface area contributed by atoms with Crippen LogP contribution in [0.1, 0.15) is 23.2 Å². The van der Waals surface area contributed by atoms with Crippen LogP contribution in [0.25, 0.3) is 22.5 Å². The zero-order valence-corrected chi connectivity index (χ0v) is 13.6. The predicted octanol–water partition coefficient (Wildman–Crippen LogP) is 4.27. The lowest BCUT2D eigenvalue weighted by Crippen LogP contribution is -2.05. The molecule has 0 amide bonds. The Labute approximate surface area is 141 Å². The summed E-state index contributed by atoms with van der Waals surface area (Å²) in [7, 11) is 0. The highest BCUT2D eigenvalue weighted by Crippen LogP contribution is 2.39. The van der Waals surface area contributed by atoms with E-state index in [-0.39, 0.29) is 34.3 Å². The summed E-state index contributed by atoms with van der Waals surface area (Å²) in [6.07, 6.45) is 1.10. The third-order valence-corrected chi connectivity index (χ3v) is 3.64. The van der Waals surface area contributed by atoms with Crippen molar-refractivity contribution in [3.63, 3.8) is 0 Å². The van der Waals surface area contributed by atoms with E-state index in [1.165, 1.54) is 18.2 Å². The van der Waals surface area contributed by atoms with Gasteiger partial charge < -0.3 is 13.7 Å². The molecule has 0 radical (unpaired) electrons. The van der Waals surface area contributed by atoms with Crippen molar-refractivity contribution in [3.05, 3.63) is 47.0 Å². The average Bonchev–Trinajstić information content (AvgIpc) is 3.14. The number of rotatable bonds is 4. The van der Waals surface area contributed by atoms with Gasteiger partial charge in [-0.3, -0.25) is 0 Å². The third-order valence-electron chi connectivity index (χ3n) is 3.33. The van der Waals surface area contributed by atoms with Crippen LogP contribution >= 0.6 is 11.6 Å². The van der Waals surface area contributed by atoms with E-state index in [9.17, 15) is 9.18 Å². The number of esters is 1. The molecule has 0 bridgehead atoms. The number of carbonyl (C=O) groups excluding carboxylic acids is 1. The van der Waals surface area contributed by atoms with E-state index < -0.39 is 11.8 Å². The molecule has 0 N–H and O–H groups in total. The standard InChI is InChI=1S/C16H12ClFN2O4/c1-3-22-16(21)15-14(19-7-23-15)11-8(2)24-20-13(11)12-9(17)5-4-6-10(12)18/h4-7H,3H2,1-2H3. The first-order valence-corrected chi connectivity index (χ1v) is 7.44. The summed E-state index contributed by atoms with van der Waals surface area (Å²) in [5.74, 6) is -1.03. The molecule has 0 aliphatic heterocycles. The van der Waals surface area contributed by atoms with E-state index in [4.69, 9.17) is 25.3 Å². The molecule has 3 aromatic rings. The predicted molar refractivity (Wildman–Crippen MR) is 83.1 cm³/mol. The van der Waals surface area contributed by atoms with Crippen molar-refractivity contribution < 1.29 is 22.9 Å². The SMILES string of the molecule is CCOC(=O)c1ocnc1-c1c(-c2c(F)cccc2Cl)noc1C. The maximum atomic E-state index is 14.2. The molecule has 6 nitrogen and oxygen atoms in total. The third kappa shape index (κ3) is 2.67. The molecule has 0 atom stereocenters. The first kappa shape index (κ1) is 16.2. The molecule has 124 valence electrons. The summed E-state index contributed by atoms with van der Waals surface area (Å²) in [6.45, 7) is 3.46. The Morgan fingerprint density at radius 1 is 1.33 bits per heavy atom. The molecule has 0 unspecified atom stereocenters. The number of benzene rings is 1. The quantitative estimate of drug-likeness (QED) is 0.654. The van der Waals surface area contributed by atoms with E-state index in [1.54, 1.807) is 13.8 Å². The number of ether oxygens (including phenoxy) is 1. The minimum atomic E-state index is -0.684. The van der Waals surface area contributed by atoms with E-state index >= 15 is 0 Å². The largest absolute Gasteiger partial charge is 0.460 e. The van der Waals surface area contributed by atoms with Gasteiger partial charge in [0.25, 0.3) is 0 Å². The first-order chi connectivity index (χ1) is 11.5. The second-order valence-electron chi connectivity index (χ2n) is 4.81. The Morgan fingerprint density at radius 2 is 2.12 bits per heavy atom. The van der Waals surface area contributed by atoms with Crippen LogP contribution in [0.3, 0.4) is 0 Å². The lowest BCUT2D eigenvalue weighted by Gasteiger charge is -2.05. The van der Waals surface area contributed by atoms with Gasteiger partial charge in [-0.1, -0.05) is 22.8 Å².